The third-order valence-corrected chi connectivity index (χ3v) is 3.45. The fourth-order valence-corrected chi connectivity index (χ4v) is 2.46. The molecule has 1 N–H and O–H groups in total. The summed E-state index contributed by atoms with van der Waals surface area (Å²) in [5, 5.41) is 4.14. The molecule has 2 nitrogen and oxygen atoms in total. The predicted octanol–water partition coefficient (Wildman–Crippen LogP) is 4.27. The molecule has 0 amide bonds. The van der Waals surface area contributed by atoms with Crippen LogP contribution < -0.4 is 5.32 Å². The minimum Gasteiger partial charge on any atom is -0.456 e. The van der Waals surface area contributed by atoms with Crippen molar-refractivity contribution >= 4 is 11.0 Å². The monoisotopic (exact) mass is 269 g/mol. The van der Waals surface area contributed by atoms with Crippen molar-refractivity contribution in [3.05, 3.63) is 59.4 Å². The van der Waals surface area contributed by atoms with Crippen LogP contribution in [0.15, 0.2) is 46.9 Å². The van der Waals surface area contributed by atoms with Gasteiger partial charge in [-0.3, -0.25) is 0 Å². The zero-order valence-corrected chi connectivity index (χ0v) is 11.5. The molecule has 20 heavy (non-hydrogen) atoms. The van der Waals surface area contributed by atoms with Gasteiger partial charge < -0.3 is 9.73 Å². The molecule has 0 aliphatic heterocycles. The van der Waals surface area contributed by atoms with Crippen LogP contribution in [0.5, 0.6) is 0 Å². The molecule has 0 saturated heterocycles. The average molecular weight is 269 g/mol. The van der Waals surface area contributed by atoms with E-state index in [0.717, 1.165) is 27.7 Å². The summed E-state index contributed by atoms with van der Waals surface area (Å²) in [6, 6.07) is 12.8. The number of fused-ring (bicyclic) bond motifs is 1. The van der Waals surface area contributed by atoms with Gasteiger partial charge in [-0.25, -0.2) is 4.39 Å². The Bertz CT molecular complexity index is 761. The highest BCUT2D eigenvalue weighted by Crippen LogP contribution is 2.32. The van der Waals surface area contributed by atoms with E-state index in [-0.39, 0.29) is 5.82 Å². The van der Waals surface area contributed by atoms with Crippen LogP contribution in [0.4, 0.5) is 4.39 Å². The van der Waals surface area contributed by atoms with Crippen molar-refractivity contribution in [3.63, 3.8) is 0 Å². The van der Waals surface area contributed by atoms with Crippen LogP contribution in [0.1, 0.15) is 11.1 Å². The maximum Gasteiger partial charge on any atom is 0.137 e. The summed E-state index contributed by atoms with van der Waals surface area (Å²) in [4.78, 5) is 0. The normalized spacial score (nSPS) is 11.2. The number of nitrogens with one attached hydrogen (secondary N) is 1. The number of rotatable bonds is 3. The lowest BCUT2D eigenvalue weighted by atomic mass is 10.0. The van der Waals surface area contributed by atoms with E-state index in [9.17, 15) is 4.39 Å². The van der Waals surface area contributed by atoms with Crippen LogP contribution >= 0.6 is 0 Å². The Labute approximate surface area is 117 Å². The molecule has 3 heteroatoms. The van der Waals surface area contributed by atoms with Crippen LogP contribution in [0.25, 0.3) is 22.3 Å². The van der Waals surface area contributed by atoms with E-state index in [0.29, 0.717) is 12.3 Å². The van der Waals surface area contributed by atoms with Crippen molar-refractivity contribution in [2.45, 2.75) is 13.5 Å². The second-order valence-corrected chi connectivity index (χ2v) is 4.94. The zero-order chi connectivity index (χ0) is 14.1. The molecule has 1 heterocycles. The Morgan fingerprint density at radius 1 is 1.15 bits per heavy atom. The number of hydrogen-bond acceptors (Lipinski definition) is 2. The smallest absolute Gasteiger partial charge is 0.137 e. The molecule has 102 valence electrons. The number of hydrogen-bond donors (Lipinski definition) is 1. The van der Waals surface area contributed by atoms with Gasteiger partial charge in [-0.15, -0.1) is 0 Å². The van der Waals surface area contributed by atoms with Gasteiger partial charge in [0.05, 0.1) is 0 Å². The van der Waals surface area contributed by atoms with Crippen molar-refractivity contribution in [2.75, 3.05) is 7.05 Å². The van der Waals surface area contributed by atoms with Crippen LogP contribution in [0.3, 0.4) is 0 Å². The van der Waals surface area contributed by atoms with Gasteiger partial charge in [0.1, 0.15) is 17.2 Å². The Morgan fingerprint density at radius 3 is 2.75 bits per heavy atom. The van der Waals surface area contributed by atoms with E-state index >= 15 is 0 Å². The molecule has 0 atom stereocenters. The fourth-order valence-electron chi connectivity index (χ4n) is 2.46. The first-order valence-electron chi connectivity index (χ1n) is 6.61. The van der Waals surface area contributed by atoms with E-state index < -0.39 is 0 Å². The molecule has 0 aliphatic carbocycles. The number of halogens is 1. The first-order valence-corrected chi connectivity index (χ1v) is 6.61. The average Bonchev–Trinajstić information content (AvgIpc) is 2.86. The summed E-state index contributed by atoms with van der Waals surface area (Å²) >= 11 is 0. The third kappa shape index (κ3) is 2.21. The van der Waals surface area contributed by atoms with Crippen molar-refractivity contribution in [1.29, 1.82) is 0 Å². The summed E-state index contributed by atoms with van der Waals surface area (Å²) < 4.78 is 19.5. The zero-order valence-electron chi connectivity index (χ0n) is 11.5. The molecule has 0 aliphatic rings. The van der Waals surface area contributed by atoms with E-state index in [1.54, 1.807) is 6.07 Å². The maximum atomic E-state index is 13.5. The SMILES string of the molecule is CNCc1ccc(F)cc1-c1cc2cccc(C)c2o1. The third-order valence-electron chi connectivity index (χ3n) is 3.45. The summed E-state index contributed by atoms with van der Waals surface area (Å²) in [6.07, 6.45) is 0. The van der Waals surface area contributed by atoms with Gasteiger partial charge in [0.2, 0.25) is 0 Å². The van der Waals surface area contributed by atoms with Crippen molar-refractivity contribution < 1.29 is 8.81 Å². The molecular weight excluding hydrogens is 253 g/mol. The summed E-state index contributed by atoms with van der Waals surface area (Å²) in [7, 11) is 1.87. The van der Waals surface area contributed by atoms with E-state index in [4.69, 9.17) is 4.42 Å². The maximum absolute atomic E-state index is 13.5. The largest absolute Gasteiger partial charge is 0.456 e. The standard InChI is InChI=1S/C17H16FNO/c1-11-4-3-5-12-8-16(20-17(11)12)15-9-14(18)7-6-13(15)10-19-2/h3-9,19H,10H2,1-2H3. The number of para-hydroxylation sites is 1. The molecule has 0 radical (unpaired) electrons. The highest BCUT2D eigenvalue weighted by Gasteiger charge is 2.12. The van der Waals surface area contributed by atoms with Gasteiger partial charge >= 0.3 is 0 Å². The Morgan fingerprint density at radius 2 is 2.00 bits per heavy atom. The van der Waals surface area contributed by atoms with Gasteiger partial charge in [0.15, 0.2) is 0 Å². The lowest BCUT2D eigenvalue weighted by Gasteiger charge is -2.06. The quantitative estimate of drug-likeness (QED) is 0.768. The van der Waals surface area contributed by atoms with Crippen molar-refractivity contribution in [1.82, 2.24) is 5.32 Å². The van der Waals surface area contributed by atoms with Crippen LogP contribution in [-0.2, 0) is 6.54 Å². The van der Waals surface area contributed by atoms with E-state index in [1.165, 1.54) is 12.1 Å². The highest BCUT2D eigenvalue weighted by molar-refractivity contribution is 5.85. The molecule has 0 saturated carbocycles. The van der Waals surface area contributed by atoms with Crippen molar-refractivity contribution in [2.24, 2.45) is 0 Å². The second-order valence-electron chi connectivity index (χ2n) is 4.94. The number of benzene rings is 2. The van der Waals surface area contributed by atoms with Gasteiger partial charge in [-0.05, 0) is 43.3 Å². The lowest BCUT2D eigenvalue weighted by Crippen LogP contribution is -2.06. The number of aryl methyl sites for hydroxylation is 1. The first kappa shape index (κ1) is 12.9. The molecular formula is C17H16FNO. The van der Waals surface area contributed by atoms with Gasteiger partial charge in [0, 0.05) is 17.5 Å². The lowest BCUT2D eigenvalue weighted by molar-refractivity contribution is 0.614. The van der Waals surface area contributed by atoms with Gasteiger partial charge in [-0.1, -0.05) is 24.3 Å². The molecule has 0 unspecified atom stereocenters. The fraction of sp³-hybridized carbons (Fsp3) is 0.176. The van der Waals surface area contributed by atoms with Crippen LogP contribution in [0, 0.1) is 12.7 Å². The summed E-state index contributed by atoms with van der Waals surface area (Å²) in [5.41, 5.74) is 3.77. The van der Waals surface area contributed by atoms with Crippen LogP contribution in [0.2, 0.25) is 0 Å². The minimum atomic E-state index is -0.253. The Hall–Kier alpha value is -2.13. The Balaban J connectivity index is 2.19. The second kappa shape index (κ2) is 5.10. The van der Waals surface area contributed by atoms with Crippen molar-refractivity contribution in [3.8, 4) is 11.3 Å². The molecule has 0 bridgehead atoms. The summed E-state index contributed by atoms with van der Waals surface area (Å²) in [6.45, 7) is 2.68. The van der Waals surface area contributed by atoms with Crippen LogP contribution in [-0.4, -0.2) is 7.05 Å². The molecule has 3 rings (SSSR count). The molecule has 2 aromatic carbocycles. The predicted molar refractivity (Wildman–Crippen MR) is 79.1 cm³/mol. The van der Waals surface area contributed by atoms with E-state index in [2.05, 4.69) is 5.32 Å². The molecule has 0 spiro atoms. The topological polar surface area (TPSA) is 25.2 Å². The van der Waals surface area contributed by atoms with Gasteiger partial charge in [0.25, 0.3) is 0 Å². The minimum absolute atomic E-state index is 0.253. The van der Waals surface area contributed by atoms with Gasteiger partial charge in [-0.2, -0.15) is 0 Å². The molecule has 1 aromatic heterocycles. The molecule has 3 aromatic rings. The highest BCUT2D eigenvalue weighted by atomic mass is 19.1. The molecule has 0 fully saturated rings. The van der Waals surface area contributed by atoms with E-state index in [1.807, 2.05) is 38.2 Å². The Kier molecular flexibility index (Phi) is 3.28. The summed E-state index contributed by atoms with van der Waals surface area (Å²) in [5.74, 6) is 0.455. The first-order chi connectivity index (χ1) is 9.69. The number of furan rings is 1.